The van der Waals surface area contributed by atoms with Crippen LogP contribution in [0.5, 0.6) is 51.7 Å². The number of imidazole rings is 4. The van der Waals surface area contributed by atoms with Crippen LogP contribution >= 0.6 is 11.6 Å². The van der Waals surface area contributed by atoms with Crippen LogP contribution in [0.4, 0.5) is 4.39 Å². The van der Waals surface area contributed by atoms with Gasteiger partial charge in [0.15, 0.2) is 0 Å². The number of piperidine rings is 3. The van der Waals surface area contributed by atoms with Gasteiger partial charge in [-0.1, -0.05) is 85.3 Å². The van der Waals surface area contributed by atoms with Crippen molar-refractivity contribution < 1.29 is 47.3 Å². The van der Waals surface area contributed by atoms with Gasteiger partial charge in [-0.25, -0.2) is 24.3 Å². The topological polar surface area (TPSA) is 248 Å². The van der Waals surface area contributed by atoms with Gasteiger partial charge in [-0.3, -0.25) is 56.7 Å². The molecule has 8 aromatic heterocycles. The monoisotopic (exact) mass is 1830 g/mol. The van der Waals surface area contributed by atoms with E-state index in [4.69, 9.17) is 55.2 Å². The first-order chi connectivity index (χ1) is 66.6. The van der Waals surface area contributed by atoms with Gasteiger partial charge in [0.2, 0.25) is 5.91 Å². The summed E-state index contributed by atoms with van der Waals surface area (Å²) in [7, 11) is 1.63. The Kier molecular flexibility index (Phi) is 29.0. The van der Waals surface area contributed by atoms with Gasteiger partial charge >= 0.3 is 0 Å². The van der Waals surface area contributed by atoms with Crippen molar-refractivity contribution in [3.05, 3.63) is 321 Å². The number of hydrogen-bond acceptors (Lipinski definition) is 17. The highest BCUT2D eigenvalue weighted by Gasteiger charge is 2.37. The number of hydrogen-bond donors (Lipinski definition) is 0. The lowest BCUT2D eigenvalue weighted by Crippen LogP contribution is -2.38. The van der Waals surface area contributed by atoms with E-state index in [0.29, 0.717) is 65.7 Å². The number of aryl methyl sites for hydroxylation is 1. The number of benzene rings is 8. The fourth-order valence-electron chi connectivity index (χ4n) is 17.7. The Balaban J connectivity index is 0.000000126. The molecule has 12 heterocycles. The SMILES string of the molecule is C=CC(=O)N1CCCC[C@H]1c1nc(-c2ccc(Oc3cccc(CC)c3)cc2)c2cnccn12.CC#CC(=O)N1CCCC[C@H]1c1nc(-c2ccc(Oc3cccc(OC)c3)cc2)c2cnccn12.CC#CC(=O)N1CCC[C@@H](c2nc(-c3ccc(Oc4cccc(F)c4)cc3)c3cnccn23)C1.CC#CC(=O)N1CCC[C@H]1c1nc(-c2ccc(Oc3ccccc3)c(Cl)c2)c2cnccn12. The van der Waals surface area contributed by atoms with Crippen LogP contribution in [0.3, 0.4) is 0 Å². The maximum atomic E-state index is 13.4. The average molecular weight is 1830 g/mol. The molecule has 0 N–H and O–H groups in total. The number of aromatic nitrogens is 12. The molecule has 0 saturated carbocycles. The second-order valence-electron chi connectivity index (χ2n) is 32.8. The summed E-state index contributed by atoms with van der Waals surface area (Å²) in [6.45, 7) is 14.2. The quantitative estimate of drug-likeness (QED) is 0.0539. The summed E-state index contributed by atoms with van der Waals surface area (Å²) in [5.74, 6) is 24.9. The van der Waals surface area contributed by atoms with E-state index in [1.165, 1.54) is 23.8 Å². The van der Waals surface area contributed by atoms with Crippen molar-refractivity contribution in [1.82, 2.24) is 77.1 Å². The molecule has 25 nitrogen and oxygen atoms in total. The number of halogens is 2. The smallest absolute Gasteiger partial charge is 0.299 e. The molecule has 0 aliphatic carbocycles. The number of carbonyl (C=O) groups is 4. The van der Waals surface area contributed by atoms with E-state index in [2.05, 4.69) is 89.9 Å². The number of methoxy groups -OCH3 is 1. The summed E-state index contributed by atoms with van der Waals surface area (Å²) < 4.78 is 50.6. The van der Waals surface area contributed by atoms with E-state index in [1.54, 1.807) is 82.1 Å². The molecule has 4 amide bonds. The molecular weight excluding hydrogens is 1730 g/mol. The zero-order valence-corrected chi connectivity index (χ0v) is 76.7. The summed E-state index contributed by atoms with van der Waals surface area (Å²) in [5.41, 5.74) is 11.7. The van der Waals surface area contributed by atoms with Crippen LogP contribution in [0.15, 0.2) is 281 Å². The fourth-order valence-corrected chi connectivity index (χ4v) is 17.9. The van der Waals surface area contributed by atoms with Gasteiger partial charge in [0.05, 0.1) is 99.9 Å². The van der Waals surface area contributed by atoms with Crippen molar-refractivity contribution in [3.8, 4) is 132 Å². The molecule has 4 aliphatic heterocycles. The summed E-state index contributed by atoms with van der Waals surface area (Å²) in [5, 5.41) is 0.485. The van der Waals surface area contributed by atoms with Crippen LogP contribution < -0.4 is 23.7 Å². The number of fused-ring (bicyclic) bond motifs is 4. The molecule has 4 saturated heterocycles. The number of amides is 4. The first-order valence-corrected chi connectivity index (χ1v) is 45.8. The highest BCUT2D eigenvalue weighted by molar-refractivity contribution is 6.32. The molecule has 136 heavy (non-hydrogen) atoms. The molecule has 20 rings (SSSR count). The molecule has 16 aromatic rings. The van der Waals surface area contributed by atoms with Gasteiger partial charge in [-0.05, 0) is 260 Å². The molecular formula is C109H98ClFN16O9. The summed E-state index contributed by atoms with van der Waals surface area (Å²) in [6, 6.07) is 59.8. The Labute approximate surface area is 792 Å². The normalized spacial score (nSPS) is 15.6. The van der Waals surface area contributed by atoms with Crippen LogP contribution in [0.2, 0.25) is 5.02 Å². The third kappa shape index (κ3) is 20.8. The summed E-state index contributed by atoms with van der Waals surface area (Å²) in [6.07, 6.45) is 33.6. The van der Waals surface area contributed by atoms with E-state index >= 15 is 0 Å². The lowest BCUT2D eigenvalue weighted by molar-refractivity contribution is -0.130. The van der Waals surface area contributed by atoms with Crippen molar-refractivity contribution in [3.63, 3.8) is 0 Å². The fraction of sp³-hybridized carbons (Fsp3) is 0.229. The van der Waals surface area contributed by atoms with Crippen molar-refractivity contribution in [2.24, 2.45) is 0 Å². The molecule has 682 valence electrons. The molecule has 27 heteroatoms. The predicted octanol–water partition coefficient (Wildman–Crippen LogP) is 21.9. The summed E-state index contributed by atoms with van der Waals surface area (Å²) in [4.78, 5) is 94.8. The van der Waals surface area contributed by atoms with Gasteiger partial charge in [0, 0.05) is 123 Å². The van der Waals surface area contributed by atoms with Crippen molar-refractivity contribution in [2.75, 3.05) is 39.8 Å². The van der Waals surface area contributed by atoms with E-state index in [1.807, 2.05) is 218 Å². The van der Waals surface area contributed by atoms with Gasteiger partial charge in [-0.2, -0.15) is 0 Å². The third-order valence-electron chi connectivity index (χ3n) is 24.2. The molecule has 0 spiro atoms. The molecule has 4 aliphatic rings. The first kappa shape index (κ1) is 91.6. The Morgan fingerprint density at radius 3 is 1.31 bits per heavy atom. The molecule has 4 atom stereocenters. The lowest BCUT2D eigenvalue weighted by atomic mass is 9.97. The van der Waals surface area contributed by atoms with Gasteiger partial charge in [-0.15, -0.1) is 0 Å². The number of ether oxygens (including phenoxy) is 5. The highest BCUT2D eigenvalue weighted by Crippen LogP contribution is 2.43. The van der Waals surface area contributed by atoms with Crippen LogP contribution in [0.1, 0.15) is 145 Å². The zero-order chi connectivity index (χ0) is 94.0. The number of nitrogens with zero attached hydrogens (tertiary/aromatic N) is 16. The Bertz CT molecular complexity index is 7250. The first-order valence-electron chi connectivity index (χ1n) is 45.4. The summed E-state index contributed by atoms with van der Waals surface area (Å²) >= 11 is 6.57. The van der Waals surface area contributed by atoms with E-state index in [9.17, 15) is 23.6 Å². The Morgan fingerprint density at radius 2 is 0.824 bits per heavy atom. The molecule has 4 fully saturated rings. The number of para-hydroxylation sites is 1. The Hall–Kier alpha value is -16.2. The van der Waals surface area contributed by atoms with Crippen molar-refractivity contribution in [1.29, 1.82) is 0 Å². The largest absolute Gasteiger partial charge is 0.497 e. The maximum absolute atomic E-state index is 13.4. The molecule has 0 unspecified atom stereocenters. The number of rotatable bonds is 19. The number of carbonyl (C=O) groups excluding carboxylic acids is 4. The average Bonchev–Trinajstić information content (AvgIpc) is 1.63. The maximum Gasteiger partial charge on any atom is 0.299 e. The molecule has 0 bridgehead atoms. The minimum Gasteiger partial charge on any atom is -0.497 e. The zero-order valence-electron chi connectivity index (χ0n) is 75.9. The molecule has 0 radical (unpaired) electrons. The Morgan fingerprint density at radius 1 is 0.419 bits per heavy atom. The highest BCUT2D eigenvalue weighted by atomic mass is 35.5. The van der Waals surface area contributed by atoms with E-state index in [0.717, 1.165) is 185 Å². The van der Waals surface area contributed by atoms with Crippen LogP contribution in [0, 0.1) is 41.3 Å². The second-order valence-corrected chi connectivity index (χ2v) is 33.2. The minimum absolute atomic E-state index is 0.0503. The van der Waals surface area contributed by atoms with Gasteiger partial charge < -0.3 is 43.3 Å². The standard InChI is InChI=1S/C28H26N4O3.C28H28N4O2.C27H23FN4O2.C26H21ClN4O2/c1-3-7-26(33)31-16-5-4-10-24(31)28-30-27(25-19-29-15-17-32(25)28)20-11-13-21(14-12-20)35-23-9-6-8-22(18-23)34-2;1-3-20-8-7-9-23(18-20)34-22-13-11-21(12-14-22)27-25-19-29-15-17-32(25)28(30-27)24-10-5-6-16-31(24)26(33)4-2;1-2-5-25(33)31-14-4-6-20(18-31)27-30-26(24-17-29-13-15-32(24)27)19-9-11-22(12-10-19)34-23-8-3-7-21(28)16-23;1-2-7-24(32)30-14-6-10-21(30)26-29-25(22-17-28-13-15-31(22)26)18-11-12-23(20(27)16-18)33-19-8-4-3-5-9-19/h6,8-9,11-15,17-19,24H,4-5,10,16H2,1-2H3;4,7-9,11-15,17-19,24H,2-3,5-6,10,16H2,1H3;3,7-13,15-17,20H,4,6,14,18H2,1H3;3-5,8-9,11-13,15-17,21H,6,10,14H2,1H3/t2*24-;20-;21-/m0010/s1. The number of likely N-dealkylation sites (tertiary alicyclic amines) is 4. The van der Waals surface area contributed by atoms with E-state index in [-0.39, 0.29) is 53.5 Å². The predicted molar refractivity (Wildman–Crippen MR) is 520 cm³/mol. The van der Waals surface area contributed by atoms with Crippen LogP contribution in [-0.4, -0.2) is 141 Å². The van der Waals surface area contributed by atoms with Crippen LogP contribution in [-0.2, 0) is 25.6 Å². The van der Waals surface area contributed by atoms with Gasteiger partial charge in [0.1, 0.15) is 80.9 Å². The molecule has 8 aromatic carbocycles. The minimum atomic E-state index is -0.344. The van der Waals surface area contributed by atoms with Crippen molar-refractivity contribution in [2.45, 2.75) is 122 Å². The third-order valence-corrected chi connectivity index (χ3v) is 24.5. The lowest BCUT2D eigenvalue weighted by Gasteiger charge is -2.34. The van der Waals surface area contributed by atoms with E-state index < -0.39 is 0 Å². The van der Waals surface area contributed by atoms with Crippen LogP contribution in [0.25, 0.3) is 67.1 Å². The second kappa shape index (κ2) is 43.0. The van der Waals surface area contributed by atoms with Gasteiger partial charge in [0.25, 0.3) is 17.7 Å². The van der Waals surface area contributed by atoms with Crippen molar-refractivity contribution >= 4 is 57.3 Å².